The average molecular weight is 2120 g/mol. The number of carbonyl (C=O) groups is 4. The van der Waals surface area contributed by atoms with Crippen LogP contribution in [0.2, 0.25) is 0 Å². The first-order chi connectivity index (χ1) is 54.0. The molecule has 0 bridgehead atoms. The van der Waals surface area contributed by atoms with E-state index in [0.717, 1.165) is 74.4 Å². The molecule has 1 unspecified atom stereocenters. The van der Waals surface area contributed by atoms with Crippen LogP contribution in [0.15, 0.2) is 109 Å². The average Bonchev–Trinajstić information content (AvgIpc) is 0.859. The molecule has 119 heavy (non-hydrogen) atoms. The van der Waals surface area contributed by atoms with Gasteiger partial charge in [-0.25, -0.2) is 0 Å². The van der Waals surface area contributed by atoms with Gasteiger partial charge in [-0.1, -0.05) is 314 Å². The number of ketones is 2. The fourth-order valence-corrected chi connectivity index (χ4v) is 14.0. The minimum atomic E-state index is 0. The second-order valence-electron chi connectivity index (χ2n) is 33.0. The van der Waals surface area contributed by atoms with Gasteiger partial charge >= 0.3 is 103 Å². The SMILES string of the molecule is CCCCC.CCCCC.CCCCCCCCCCCC[N+](C)(C)CCC.CCCCCCCCCCCC[N+](C)(C)CCC[N+](C)(CCC)CCCCCCOc1ccc(C(=O)c2ccccc2)cc1.CCCN(C)C(=O)CC.CCCN(C)C(=O)CC.O=C(c1ccccc1)c1ccc(OCCCCCCBr)cc1.[I-].[I-].[I-].[K+].[K+].[OH-].[OH-]. The molecule has 4 aromatic carbocycles. The summed E-state index contributed by atoms with van der Waals surface area (Å²) in [6.07, 6.45) is 53.6. The molecule has 0 saturated heterocycles. The Bertz CT molecular complexity index is 2700. The van der Waals surface area contributed by atoms with Gasteiger partial charge in [-0.3, -0.25) is 19.2 Å². The number of ether oxygens (including phenoxy) is 2. The maximum atomic E-state index is 12.6. The Balaban J connectivity index is -0.000000166. The van der Waals surface area contributed by atoms with Crippen LogP contribution in [0.1, 0.15) is 378 Å². The number of halogens is 4. The monoisotopic (exact) mass is 2120 g/mol. The number of amides is 2. The second-order valence-corrected chi connectivity index (χ2v) is 33.8. The van der Waals surface area contributed by atoms with Gasteiger partial charge in [0.1, 0.15) is 11.5 Å². The smallest absolute Gasteiger partial charge is 1.00 e. The normalized spacial score (nSPS) is 10.7. The summed E-state index contributed by atoms with van der Waals surface area (Å²) in [5.74, 6) is 2.23. The van der Waals surface area contributed by atoms with E-state index in [-0.39, 0.29) is 209 Å². The molecule has 0 aliphatic rings. The fourth-order valence-electron chi connectivity index (χ4n) is 13.6. The molecule has 0 saturated carbocycles. The van der Waals surface area contributed by atoms with Crippen LogP contribution in [0.25, 0.3) is 0 Å². The number of hydrogen-bond donors (Lipinski definition) is 0. The summed E-state index contributed by atoms with van der Waals surface area (Å²) in [7, 11) is 15.8. The quantitative estimate of drug-likeness (QED) is 0.0106. The molecule has 2 amide bonds. The van der Waals surface area contributed by atoms with E-state index in [4.69, 9.17) is 9.47 Å². The topological polar surface area (TPSA) is 153 Å². The van der Waals surface area contributed by atoms with Crippen LogP contribution in [-0.4, -0.2) is 184 Å². The standard InChI is InChI=1S/C40H68N2O2.C19H21BrO2.C17H38N.2C7H15NO.2C5H12.3HI.2K.2H2O/c1-6-8-9-10-11-12-13-14-15-21-32-41(3,4)33-24-35-42(5,31-7-2)34-22-16-17-23-36-44-39-29-27-38(28-30-39)40(43)37-25-19-18-20-26-37;20-14-6-1-2-7-15-22-18-12-10-17(11-13-18)19(21)16-8-4-3-5-9-16;1-5-7-8-9-10-11-12-13-14-15-17-18(3,4)16-6-2;2*1-4-6-8(3)7(9)5-2;2*1-3-5-4-2;;;;;;;/h18-20,25-30H,6-17,21-24,31-36H2,1-5H3;3-5,8-13H,1-2,6-7,14-15H2;5-17H2,1-4H3;2*4-6H2,1-3H3;2*3-5H2,1-2H3;3*1H;;;2*1H2/q+2;;+1;;;;;;;;2*+1;;/p-5. The van der Waals surface area contributed by atoms with Crippen molar-refractivity contribution in [1.82, 2.24) is 9.80 Å². The summed E-state index contributed by atoms with van der Waals surface area (Å²) in [6.45, 7) is 38.4. The molecule has 0 aliphatic carbocycles. The molecular weight excluding hydrogens is 1940 g/mol. The number of quaternary nitrogens is 3. The van der Waals surface area contributed by atoms with Gasteiger partial charge in [0.05, 0.1) is 94.3 Å². The Hall–Kier alpha value is 0.503. The number of nitrogens with zero attached hydrogens (tertiary/aromatic N) is 5. The number of alkyl halides is 1. The first-order valence-electron chi connectivity index (χ1n) is 46.1. The van der Waals surface area contributed by atoms with Gasteiger partial charge in [0.15, 0.2) is 11.6 Å². The molecule has 686 valence electrons. The predicted octanol–water partition coefficient (Wildman–Crippen LogP) is 12.3. The van der Waals surface area contributed by atoms with Crippen molar-refractivity contribution < 1.29 is 228 Å². The minimum Gasteiger partial charge on any atom is -1.00 e. The van der Waals surface area contributed by atoms with Crippen LogP contribution in [0.4, 0.5) is 0 Å². The second kappa shape index (κ2) is 101. The van der Waals surface area contributed by atoms with Gasteiger partial charge < -0.3 is 116 Å². The van der Waals surface area contributed by atoms with Crippen LogP contribution < -0.4 is 184 Å². The van der Waals surface area contributed by atoms with Gasteiger partial charge in [-0.15, -0.1) is 0 Å². The summed E-state index contributed by atoms with van der Waals surface area (Å²) >= 11 is 3.43. The van der Waals surface area contributed by atoms with Gasteiger partial charge in [0.25, 0.3) is 0 Å². The maximum absolute atomic E-state index is 12.6. The van der Waals surface area contributed by atoms with Gasteiger partial charge in [0, 0.05) is 74.0 Å². The van der Waals surface area contributed by atoms with Crippen molar-refractivity contribution in [3.63, 3.8) is 0 Å². The molecule has 1 atom stereocenters. The van der Waals surface area contributed by atoms with Crippen molar-refractivity contribution in [2.24, 2.45) is 0 Å². The predicted molar refractivity (Wildman–Crippen MR) is 498 cm³/mol. The van der Waals surface area contributed by atoms with Crippen LogP contribution >= 0.6 is 15.9 Å². The van der Waals surface area contributed by atoms with Crippen molar-refractivity contribution in [3.05, 3.63) is 131 Å². The molecule has 0 aromatic heterocycles. The molecule has 0 fully saturated rings. The maximum Gasteiger partial charge on any atom is 1.00 e. The number of hydrogen-bond acceptors (Lipinski definition) is 8. The molecule has 0 aliphatic heterocycles. The van der Waals surface area contributed by atoms with Crippen LogP contribution in [-0.2, 0) is 9.59 Å². The molecule has 4 aromatic rings. The zero-order chi connectivity index (χ0) is 84.0. The molecule has 4 rings (SSSR count). The number of carbonyl (C=O) groups excluding carboxylic acids is 4. The van der Waals surface area contributed by atoms with E-state index in [1.54, 1.807) is 9.80 Å². The third-order valence-electron chi connectivity index (χ3n) is 20.7. The first kappa shape index (κ1) is 140. The van der Waals surface area contributed by atoms with E-state index in [0.29, 0.717) is 29.5 Å². The molecule has 0 radical (unpaired) electrons. The Morgan fingerprint density at radius 3 is 0.840 bits per heavy atom. The Kier molecular flexibility index (Phi) is 118. The van der Waals surface area contributed by atoms with Gasteiger partial charge in [-0.2, -0.15) is 0 Å². The molecule has 0 spiro atoms. The van der Waals surface area contributed by atoms with E-state index in [9.17, 15) is 19.2 Å². The number of rotatable bonds is 59. The Morgan fingerprint density at radius 2 is 0.555 bits per heavy atom. The molecule has 13 nitrogen and oxygen atoms in total. The number of benzene rings is 4. The third-order valence-corrected chi connectivity index (χ3v) is 21.3. The zero-order valence-electron chi connectivity index (χ0n) is 81.0. The van der Waals surface area contributed by atoms with Crippen molar-refractivity contribution in [2.45, 2.75) is 346 Å². The van der Waals surface area contributed by atoms with Crippen molar-refractivity contribution >= 4 is 39.3 Å². The third kappa shape index (κ3) is 87.6. The minimum absolute atomic E-state index is 0. The van der Waals surface area contributed by atoms with Crippen LogP contribution in [0, 0.1) is 0 Å². The van der Waals surface area contributed by atoms with Crippen molar-refractivity contribution in [3.8, 4) is 11.5 Å². The van der Waals surface area contributed by atoms with Crippen molar-refractivity contribution in [2.75, 3.05) is 127 Å². The van der Waals surface area contributed by atoms with Crippen LogP contribution in [0.5, 0.6) is 11.5 Å². The Labute approximate surface area is 881 Å². The van der Waals surface area contributed by atoms with E-state index >= 15 is 0 Å². The number of unbranched alkanes of at least 4 members (excludes halogenated alkanes) is 28. The van der Waals surface area contributed by atoms with Crippen LogP contribution in [0.3, 0.4) is 0 Å². The molecule has 0 heterocycles. The fraction of sp³-hybridized carbons (Fsp3) is 0.720. The summed E-state index contributed by atoms with van der Waals surface area (Å²) in [4.78, 5) is 50.0. The zero-order valence-corrected chi connectivity index (χ0v) is 95.3. The summed E-state index contributed by atoms with van der Waals surface area (Å²) in [5, 5.41) is 1.07. The van der Waals surface area contributed by atoms with E-state index in [1.807, 2.05) is 137 Å². The summed E-state index contributed by atoms with van der Waals surface area (Å²) in [6, 6.07) is 33.7. The van der Waals surface area contributed by atoms with E-state index in [2.05, 4.69) is 120 Å². The summed E-state index contributed by atoms with van der Waals surface area (Å²) in [5.41, 5.74) is 2.82. The van der Waals surface area contributed by atoms with E-state index < -0.39 is 0 Å². The molecule has 2 N–H and O–H groups in total. The largest absolute Gasteiger partial charge is 1.00 e. The Morgan fingerprint density at radius 1 is 0.294 bits per heavy atom. The molecule has 19 heteroatoms. The van der Waals surface area contributed by atoms with Crippen molar-refractivity contribution in [1.29, 1.82) is 0 Å². The summed E-state index contributed by atoms with van der Waals surface area (Å²) < 4.78 is 15.3. The van der Waals surface area contributed by atoms with Gasteiger partial charge in [0.2, 0.25) is 11.8 Å². The van der Waals surface area contributed by atoms with Gasteiger partial charge in [-0.05, 0) is 138 Å². The first-order valence-corrected chi connectivity index (χ1v) is 47.3. The van der Waals surface area contributed by atoms with E-state index in [1.165, 1.54) is 284 Å². The molecular formula is C100H183BrI3K2N5O8.